The highest BCUT2D eigenvalue weighted by Gasteiger charge is 2.29. The van der Waals surface area contributed by atoms with Crippen LogP contribution in [0.4, 0.5) is 0 Å². The molecule has 4 nitrogen and oxygen atoms in total. The largest absolute Gasteiger partial charge is 0.311 e. The van der Waals surface area contributed by atoms with Crippen molar-refractivity contribution in [3.63, 3.8) is 0 Å². The van der Waals surface area contributed by atoms with Crippen LogP contribution in [0.25, 0.3) is 0 Å². The van der Waals surface area contributed by atoms with E-state index in [1.165, 1.54) is 18.4 Å². The lowest BCUT2D eigenvalue weighted by Crippen LogP contribution is -2.57. The summed E-state index contributed by atoms with van der Waals surface area (Å²) >= 11 is 0. The van der Waals surface area contributed by atoms with Crippen molar-refractivity contribution in [2.24, 2.45) is 5.92 Å². The Morgan fingerprint density at radius 3 is 2.80 bits per heavy atom. The predicted molar refractivity (Wildman–Crippen MR) is 83.6 cm³/mol. The van der Waals surface area contributed by atoms with E-state index < -0.39 is 0 Å². The van der Waals surface area contributed by atoms with Crippen molar-refractivity contribution < 1.29 is 0 Å². The lowest BCUT2D eigenvalue weighted by molar-refractivity contribution is 0.0993. The summed E-state index contributed by atoms with van der Waals surface area (Å²) in [6.07, 6.45) is 6.67. The molecule has 2 heterocycles. The lowest BCUT2D eigenvalue weighted by atomic mass is 9.94. The molecule has 0 spiro atoms. The molecule has 1 N–H and O–H groups in total. The van der Waals surface area contributed by atoms with Crippen LogP contribution in [-0.4, -0.2) is 39.9 Å². The number of hydrogen-bond acceptors (Lipinski definition) is 3. The number of aromatic nitrogens is 2. The number of aryl methyl sites for hydroxylation is 1. The van der Waals surface area contributed by atoms with Crippen LogP contribution < -0.4 is 5.32 Å². The number of piperazine rings is 1. The maximum Gasteiger partial charge on any atom is 0.0534 e. The summed E-state index contributed by atoms with van der Waals surface area (Å²) in [6, 6.07) is 1.28. The second-order valence-corrected chi connectivity index (χ2v) is 6.10. The minimum Gasteiger partial charge on any atom is -0.311 e. The molecule has 0 saturated carbocycles. The fourth-order valence-corrected chi connectivity index (χ4v) is 3.04. The first-order valence-corrected chi connectivity index (χ1v) is 8.16. The molecule has 1 aliphatic rings. The third-order valence-corrected chi connectivity index (χ3v) is 4.76. The van der Waals surface area contributed by atoms with E-state index in [9.17, 15) is 0 Å². The van der Waals surface area contributed by atoms with Gasteiger partial charge in [-0.1, -0.05) is 27.2 Å². The SMILES string of the molecule is CCC(C)C1CN(Cc2cnn(CC)c2)C(CC)CN1. The zero-order chi connectivity index (χ0) is 14.5. The first-order chi connectivity index (χ1) is 9.67. The highest BCUT2D eigenvalue weighted by molar-refractivity contribution is 5.05. The standard InChI is InChI=1S/C16H30N4/c1-5-13(4)16-12-19(15(6-2)9-17-16)10-14-8-18-20(7-3)11-14/h8,11,13,15-17H,5-7,9-10,12H2,1-4H3. The van der Waals surface area contributed by atoms with Crippen LogP contribution in [0, 0.1) is 5.92 Å². The number of nitrogens with zero attached hydrogens (tertiary/aromatic N) is 3. The summed E-state index contributed by atoms with van der Waals surface area (Å²) in [5.41, 5.74) is 1.34. The van der Waals surface area contributed by atoms with Gasteiger partial charge in [0.15, 0.2) is 0 Å². The molecule has 1 aromatic rings. The first kappa shape index (κ1) is 15.5. The Labute approximate surface area is 123 Å². The van der Waals surface area contributed by atoms with Gasteiger partial charge in [-0.05, 0) is 19.3 Å². The van der Waals surface area contributed by atoms with Gasteiger partial charge in [-0.3, -0.25) is 9.58 Å². The molecular formula is C16H30N4. The van der Waals surface area contributed by atoms with Gasteiger partial charge in [0.05, 0.1) is 6.20 Å². The van der Waals surface area contributed by atoms with Gasteiger partial charge in [0.2, 0.25) is 0 Å². The number of hydrogen-bond donors (Lipinski definition) is 1. The Kier molecular flexibility index (Phi) is 5.61. The van der Waals surface area contributed by atoms with Gasteiger partial charge in [-0.2, -0.15) is 5.10 Å². The predicted octanol–water partition coefficient (Wildman–Crippen LogP) is 2.50. The van der Waals surface area contributed by atoms with Crippen LogP contribution in [0.3, 0.4) is 0 Å². The van der Waals surface area contributed by atoms with E-state index in [-0.39, 0.29) is 0 Å². The van der Waals surface area contributed by atoms with Crippen LogP contribution in [0.2, 0.25) is 0 Å². The van der Waals surface area contributed by atoms with E-state index in [0.29, 0.717) is 12.1 Å². The number of rotatable bonds is 6. The third-order valence-electron chi connectivity index (χ3n) is 4.76. The van der Waals surface area contributed by atoms with Gasteiger partial charge in [0.25, 0.3) is 0 Å². The molecule has 0 bridgehead atoms. The van der Waals surface area contributed by atoms with Crippen molar-refractivity contribution in [2.75, 3.05) is 13.1 Å². The van der Waals surface area contributed by atoms with E-state index >= 15 is 0 Å². The van der Waals surface area contributed by atoms with Crippen molar-refractivity contribution in [2.45, 2.75) is 65.7 Å². The van der Waals surface area contributed by atoms with E-state index in [0.717, 1.165) is 32.1 Å². The van der Waals surface area contributed by atoms with Crippen LogP contribution in [0.15, 0.2) is 12.4 Å². The van der Waals surface area contributed by atoms with Crippen molar-refractivity contribution in [1.29, 1.82) is 0 Å². The lowest BCUT2D eigenvalue weighted by Gasteiger charge is -2.42. The molecule has 1 fully saturated rings. The van der Waals surface area contributed by atoms with Gasteiger partial charge >= 0.3 is 0 Å². The summed E-state index contributed by atoms with van der Waals surface area (Å²) in [6.45, 7) is 13.3. The van der Waals surface area contributed by atoms with Gasteiger partial charge in [-0.15, -0.1) is 0 Å². The van der Waals surface area contributed by atoms with E-state index in [4.69, 9.17) is 0 Å². The summed E-state index contributed by atoms with van der Waals surface area (Å²) in [4.78, 5) is 2.64. The minimum absolute atomic E-state index is 0.629. The maximum atomic E-state index is 4.40. The van der Waals surface area contributed by atoms with E-state index in [2.05, 4.69) is 49.2 Å². The fourth-order valence-electron chi connectivity index (χ4n) is 3.04. The molecule has 1 aromatic heterocycles. The molecule has 3 atom stereocenters. The molecule has 1 aliphatic heterocycles. The van der Waals surface area contributed by atoms with Crippen LogP contribution in [0.5, 0.6) is 0 Å². The average Bonchev–Trinajstić information content (AvgIpc) is 2.94. The molecule has 114 valence electrons. The van der Waals surface area contributed by atoms with Crippen LogP contribution in [0.1, 0.15) is 46.1 Å². The highest BCUT2D eigenvalue weighted by Crippen LogP contribution is 2.19. The highest BCUT2D eigenvalue weighted by atomic mass is 15.3. The maximum absolute atomic E-state index is 4.40. The Bertz CT molecular complexity index is 401. The monoisotopic (exact) mass is 278 g/mol. The molecule has 0 radical (unpaired) electrons. The van der Waals surface area contributed by atoms with E-state index in [1.807, 2.05) is 10.9 Å². The van der Waals surface area contributed by atoms with Crippen molar-refractivity contribution in [3.05, 3.63) is 18.0 Å². The Balaban J connectivity index is 2.01. The number of nitrogens with one attached hydrogen (secondary N) is 1. The van der Waals surface area contributed by atoms with Gasteiger partial charge in [-0.25, -0.2) is 0 Å². The minimum atomic E-state index is 0.629. The topological polar surface area (TPSA) is 33.1 Å². The second kappa shape index (κ2) is 7.23. The average molecular weight is 278 g/mol. The second-order valence-electron chi connectivity index (χ2n) is 6.10. The van der Waals surface area contributed by atoms with Gasteiger partial charge < -0.3 is 5.32 Å². The molecule has 0 aromatic carbocycles. The summed E-state index contributed by atoms with van der Waals surface area (Å²) in [7, 11) is 0. The fraction of sp³-hybridized carbons (Fsp3) is 0.812. The zero-order valence-corrected chi connectivity index (χ0v) is 13.5. The quantitative estimate of drug-likeness (QED) is 0.868. The normalized spacial score (nSPS) is 25.8. The summed E-state index contributed by atoms with van der Waals surface area (Å²) in [5.74, 6) is 0.744. The molecule has 1 saturated heterocycles. The first-order valence-electron chi connectivity index (χ1n) is 8.16. The Hall–Kier alpha value is -0.870. The Morgan fingerprint density at radius 2 is 2.20 bits per heavy atom. The molecule has 0 aliphatic carbocycles. The summed E-state index contributed by atoms with van der Waals surface area (Å²) < 4.78 is 2.02. The zero-order valence-electron chi connectivity index (χ0n) is 13.5. The Morgan fingerprint density at radius 1 is 1.40 bits per heavy atom. The van der Waals surface area contributed by atoms with Gasteiger partial charge in [0.1, 0.15) is 0 Å². The molecule has 0 amide bonds. The van der Waals surface area contributed by atoms with Crippen molar-refractivity contribution in [3.8, 4) is 0 Å². The van der Waals surface area contributed by atoms with Crippen molar-refractivity contribution in [1.82, 2.24) is 20.0 Å². The van der Waals surface area contributed by atoms with Gasteiger partial charge in [0, 0.05) is 50.0 Å². The van der Waals surface area contributed by atoms with Crippen LogP contribution in [-0.2, 0) is 13.1 Å². The molecular weight excluding hydrogens is 248 g/mol. The summed E-state index contributed by atoms with van der Waals surface area (Å²) in [5, 5.41) is 8.14. The smallest absolute Gasteiger partial charge is 0.0534 e. The van der Waals surface area contributed by atoms with Crippen molar-refractivity contribution >= 4 is 0 Å². The molecule has 2 rings (SSSR count). The molecule has 20 heavy (non-hydrogen) atoms. The van der Waals surface area contributed by atoms with E-state index in [1.54, 1.807) is 0 Å². The van der Waals surface area contributed by atoms with Crippen LogP contribution >= 0.6 is 0 Å². The molecule has 4 heteroatoms. The molecule has 3 unspecified atom stereocenters. The third kappa shape index (κ3) is 3.61.